The second-order valence-corrected chi connectivity index (χ2v) is 9.72. The second-order valence-electron chi connectivity index (χ2n) is 7.49. The topological polar surface area (TPSA) is 89.3 Å². The average Bonchev–Trinajstić information content (AvgIpc) is 3.28. The Hall–Kier alpha value is -2.22. The SMILES string of the molecule is O=C(Cn1ncc2ccccc2c1=O)N(C1CCCC1)[C@@H]1CCS(=O)(=O)C1. The number of rotatable bonds is 4. The van der Waals surface area contributed by atoms with Gasteiger partial charge in [0.1, 0.15) is 6.54 Å². The molecular weight excluding hydrogens is 366 g/mol. The van der Waals surface area contributed by atoms with Crippen molar-refractivity contribution in [2.45, 2.75) is 50.7 Å². The molecule has 2 heterocycles. The molecule has 7 nitrogen and oxygen atoms in total. The van der Waals surface area contributed by atoms with Crippen LogP contribution in [0.3, 0.4) is 0 Å². The number of benzene rings is 1. The van der Waals surface area contributed by atoms with Crippen LogP contribution in [0.15, 0.2) is 35.3 Å². The van der Waals surface area contributed by atoms with Crippen molar-refractivity contribution in [3.63, 3.8) is 0 Å². The molecule has 144 valence electrons. The van der Waals surface area contributed by atoms with Crippen molar-refractivity contribution in [1.82, 2.24) is 14.7 Å². The molecular formula is C19H23N3O4S. The fraction of sp³-hybridized carbons (Fsp3) is 0.526. The smallest absolute Gasteiger partial charge is 0.275 e. The zero-order chi connectivity index (χ0) is 19.0. The molecule has 1 aromatic carbocycles. The van der Waals surface area contributed by atoms with Gasteiger partial charge in [0.2, 0.25) is 5.91 Å². The van der Waals surface area contributed by atoms with E-state index in [0.717, 1.165) is 31.1 Å². The summed E-state index contributed by atoms with van der Waals surface area (Å²) in [6.45, 7) is -0.156. The van der Waals surface area contributed by atoms with Gasteiger partial charge in [-0.15, -0.1) is 0 Å². The number of carbonyl (C=O) groups is 1. The van der Waals surface area contributed by atoms with E-state index in [9.17, 15) is 18.0 Å². The Morgan fingerprint density at radius 3 is 2.59 bits per heavy atom. The van der Waals surface area contributed by atoms with Crippen LogP contribution in [0, 0.1) is 0 Å². The number of carbonyl (C=O) groups excluding carboxylic acids is 1. The Labute approximate surface area is 157 Å². The number of hydrogen-bond acceptors (Lipinski definition) is 5. The van der Waals surface area contributed by atoms with Gasteiger partial charge in [-0.1, -0.05) is 31.0 Å². The van der Waals surface area contributed by atoms with Gasteiger partial charge in [-0.05, 0) is 25.3 Å². The van der Waals surface area contributed by atoms with E-state index in [-0.39, 0.29) is 41.6 Å². The van der Waals surface area contributed by atoms with E-state index in [1.165, 1.54) is 4.68 Å². The van der Waals surface area contributed by atoms with Gasteiger partial charge in [0.25, 0.3) is 5.56 Å². The fourth-order valence-corrected chi connectivity index (χ4v) is 6.04. The summed E-state index contributed by atoms with van der Waals surface area (Å²) in [6, 6.07) is 6.92. The maximum absolute atomic E-state index is 13.1. The second kappa shape index (κ2) is 7.07. The molecule has 27 heavy (non-hydrogen) atoms. The van der Waals surface area contributed by atoms with E-state index < -0.39 is 9.84 Å². The molecule has 1 aliphatic carbocycles. The standard InChI is InChI=1S/C19H23N3O4S/c23-18(12-21-19(24)17-8-4-1-5-14(17)11-20-21)22(15-6-2-3-7-15)16-9-10-27(25,26)13-16/h1,4-5,8,11,15-16H,2-3,6-7,9-10,12-13H2/t16-/m1/s1. The molecule has 1 amide bonds. The monoisotopic (exact) mass is 389 g/mol. The van der Waals surface area contributed by atoms with Crippen molar-refractivity contribution in [2.75, 3.05) is 11.5 Å². The zero-order valence-electron chi connectivity index (χ0n) is 15.1. The van der Waals surface area contributed by atoms with E-state index >= 15 is 0 Å². The van der Waals surface area contributed by atoms with Crippen LogP contribution < -0.4 is 5.56 Å². The molecule has 1 saturated heterocycles. The molecule has 1 saturated carbocycles. The molecule has 2 aromatic rings. The van der Waals surface area contributed by atoms with Gasteiger partial charge < -0.3 is 4.90 Å². The molecule has 1 aliphatic heterocycles. The van der Waals surface area contributed by atoms with E-state index in [1.807, 2.05) is 12.1 Å². The van der Waals surface area contributed by atoms with Gasteiger partial charge in [-0.25, -0.2) is 13.1 Å². The van der Waals surface area contributed by atoms with Crippen LogP contribution in [-0.4, -0.2) is 52.6 Å². The Kier molecular flexibility index (Phi) is 4.75. The number of sulfone groups is 1. The summed E-state index contributed by atoms with van der Waals surface area (Å²) in [4.78, 5) is 27.5. The largest absolute Gasteiger partial charge is 0.334 e. The minimum absolute atomic E-state index is 0.0231. The molecule has 8 heteroatoms. The highest BCUT2D eigenvalue weighted by molar-refractivity contribution is 7.91. The third-order valence-electron chi connectivity index (χ3n) is 5.65. The Bertz CT molecular complexity index is 1020. The van der Waals surface area contributed by atoms with Crippen molar-refractivity contribution in [1.29, 1.82) is 0 Å². The minimum Gasteiger partial charge on any atom is -0.334 e. The predicted molar refractivity (Wildman–Crippen MR) is 102 cm³/mol. The first-order valence-corrected chi connectivity index (χ1v) is 11.2. The summed E-state index contributed by atoms with van der Waals surface area (Å²) in [6.07, 6.45) is 5.93. The van der Waals surface area contributed by atoms with Crippen LogP contribution in [0.5, 0.6) is 0 Å². The molecule has 0 radical (unpaired) electrons. The third kappa shape index (κ3) is 3.63. The lowest BCUT2D eigenvalue weighted by molar-refractivity contribution is -0.136. The molecule has 0 N–H and O–H groups in total. The van der Waals surface area contributed by atoms with Gasteiger partial charge in [0, 0.05) is 17.5 Å². The molecule has 1 atom stereocenters. The highest BCUT2D eigenvalue weighted by Gasteiger charge is 2.39. The van der Waals surface area contributed by atoms with Crippen molar-refractivity contribution < 1.29 is 13.2 Å². The highest BCUT2D eigenvalue weighted by atomic mass is 32.2. The summed E-state index contributed by atoms with van der Waals surface area (Å²) in [5, 5.41) is 5.41. The predicted octanol–water partition coefficient (Wildman–Crippen LogP) is 1.35. The maximum Gasteiger partial charge on any atom is 0.275 e. The molecule has 4 rings (SSSR count). The minimum atomic E-state index is -3.09. The normalized spacial score (nSPS) is 22.3. The molecule has 2 aliphatic rings. The summed E-state index contributed by atoms with van der Waals surface area (Å²) < 4.78 is 25.1. The first kappa shape index (κ1) is 18.2. The van der Waals surface area contributed by atoms with Crippen LogP contribution in [0.4, 0.5) is 0 Å². The van der Waals surface area contributed by atoms with Gasteiger partial charge in [-0.2, -0.15) is 5.10 Å². The first-order valence-electron chi connectivity index (χ1n) is 9.41. The zero-order valence-corrected chi connectivity index (χ0v) is 15.9. The quantitative estimate of drug-likeness (QED) is 0.788. The number of hydrogen-bond donors (Lipinski definition) is 0. The van der Waals surface area contributed by atoms with E-state index in [2.05, 4.69) is 5.10 Å². The lowest BCUT2D eigenvalue weighted by atomic mass is 10.1. The van der Waals surface area contributed by atoms with Crippen LogP contribution in [0.1, 0.15) is 32.1 Å². The van der Waals surface area contributed by atoms with Crippen molar-refractivity contribution >= 4 is 26.5 Å². The van der Waals surface area contributed by atoms with Crippen LogP contribution >= 0.6 is 0 Å². The van der Waals surface area contributed by atoms with Crippen LogP contribution in [0.25, 0.3) is 10.8 Å². The number of amides is 1. The maximum atomic E-state index is 13.1. The molecule has 1 aromatic heterocycles. The first-order chi connectivity index (χ1) is 12.9. The van der Waals surface area contributed by atoms with Crippen molar-refractivity contribution in [3.05, 3.63) is 40.8 Å². The number of fused-ring (bicyclic) bond motifs is 1. The Morgan fingerprint density at radius 1 is 1.15 bits per heavy atom. The van der Waals surface area contributed by atoms with Gasteiger partial charge >= 0.3 is 0 Å². The number of aromatic nitrogens is 2. The van der Waals surface area contributed by atoms with Gasteiger partial charge in [0.15, 0.2) is 9.84 Å². The third-order valence-corrected chi connectivity index (χ3v) is 7.41. The van der Waals surface area contributed by atoms with Gasteiger partial charge in [0.05, 0.1) is 23.1 Å². The van der Waals surface area contributed by atoms with E-state index in [0.29, 0.717) is 11.8 Å². The number of nitrogens with zero attached hydrogens (tertiary/aromatic N) is 3. The highest BCUT2D eigenvalue weighted by Crippen LogP contribution is 2.29. The summed E-state index contributed by atoms with van der Waals surface area (Å²) in [5.41, 5.74) is -0.299. The lowest BCUT2D eigenvalue weighted by Crippen LogP contribution is -2.49. The average molecular weight is 389 g/mol. The fourth-order valence-electron chi connectivity index (χ4n) is 4.33. The molecule has 0 spiro atoms. The van der Waals surface area contributed by atoms with Gasteiger partial charge in [-0.3, -0.25) is 9.59 Å². The van der Waals surface area contributed by atoms with Crippen LogP contribution in [0.2, 0.25) is 0 Å². The summed E-state index contributed by atoms with van der Waals surface area (Å²) in [7, 11) is -3.09. The molecule has 0 bridgehead atoms. The van der Waals surface area contributed by atoms with E-state index in [1.54, 1.807) is 23.2 Å². The molecule has 2 fully saturated rings. The van der Waals surface area contributed by atoms with E-state index in [4.69, 9.17) is 0 Å². The summed E-state index contributed by atoms with van der Waals surface area (Å²) >= 11 is 0. The Balaban J connectivity index is 1.62. The van der Waals surface area contributed by atoms with Crippen molar-refractivity contribution in [2.24, 2.45) is 0 Å². The Morgan fingerprint density at radius 2 is 1.89 bits per heavy atom. The lowest BCUT2D eigenvalue weighted by Gasteiger charge is -2.34. The van der Waals surface area contributed by atoms with Crippen molar-refractivity contribution in [3.8, 4) is 0 Å². The molecule has 0 unspecified atom stereocenters. The summed E-state index contributed by atoms with van der Waals surface area (Å²) in [5.74, 6) is -0.0636. The van der Waals surface area contributed by atoms with Crippen LogP contribution in [-0.2, 0) is 21.2 Å².